The molecular formula is C58H40N4. The molecule has 292 valence electrons. The number of aromatic nitrogens is 4. The first-order chi connectivity index (χ1) is 30.5. The van der Waals surface area contributed by atoms with Crippen molar-refractivity contribution < 1.29 is 0 Å². The van der Waals surface area contributed by atoms with Gasteiger partial charge < -0.3 is 0 Å². The van der Waals surface area contributed by atoms with E-state index in [2.05, 4.69) is 188 Å². The van der Waals surface area contributed by atoms with Gasteiger partial charge in [0, 0.05) is 39.8 Å². The molecule has 0 spiro atoms. The van der Waals surface area contributed by atoms with Gasteiger partial charge in [-0.1, -0.05) is 147 Å². The second-order valence-electron chi connectivity index (χ2n) is 16.8. The molecule has 11 aromatic rings. The van der Waals surface area contributed by atoms with Gasteiger partial charge in [-0.2, -0.15) is 0 Å². The molecule has 0 fully saturated rings. The molecule has 4 aromatic heterocycles. The highest BCUT2D eigenvalue weighted by Crippen LogP contribution is 2.49. The minimum atomic E-state index is -0.0895. The lowest BCUT2D eigenvalue weighted by molar-refractivity contribution is 0.660. The van der Waals surface area contributed by atoms with Crippen molar-refractivity contribution in [2.24, 2.45) is 0 Å². The first-order valence-electron chi connectivity index (χ1n) is 21.3. The molecule has 0 bridgehead atoms. The zero-order chi connectivity index (χ0) is 41.4. The van der Waals surface area contributed by atoms with Crippen molar-refractivity contribution in [3.05, 3.63) is 218 Å². The van der Waals surface area contributed by atoms with E-state index in [9.17, 15) is 0 Å². The van der Waals surface area contributed by atoms with Crippen molar-refractivity contribution in [3.8, 4) is 72.8 Å². The maximum absolute atomic E-state index is 5.26. The van der Waals surface area contributed by atoms with E-state index in [0.29, 0.717) is 0 Å². The van der Waals surface area contributed by atoms with E-state index in [1.807, 2.05) is 36.7 Å². The number of pyridine rings is 3. The van der Waals surface area contributed by atoms with E-state index in [-0.39, 0.29) is 5.41 Å². The zero-order valence-electron chi connectivity index (χ0n) is 34.4. The normalized spacial score (nSPS) is 12.8. The van der Waals surface area contributed by atoms with Crippen molar-refractivity contribution in [2.45, 2.75) is 19.3 Å². The summed E-state index contributed by atoms with van der Waals surface area (Å²) in [5.74, 6) is 0. The van der Waals surface area contributed by atoms with Gasteiger partial charge in [-0.25, -0.2) is 9.97 Å². The molecular weight excluding hydrogens is 753 g/mol. The molecule has 12 rings (SSSR count). The van der Waals surface area contributed by atoms with Gasteiger partial charge >= 0.3 is 0 Å². The van der Waals surface area contributed by atoms with E-state index >= 15 is 0 Å². The van der Waals surface area contributed by atoms with Gasteiger partial charge in [0.25, 0.3) is 0 Å². The monoisotopic (exact) mass is 792 g/mol. The van der Waals surface area contributed by atoms with Crippen molar-refractivity contribution in [1.82, 2.24) is 19.5 Å². The summed E-state index contributed by atoms with van der Waals surface area (Å²) in [7, 11) is 0. The molecule has 0 aliphatic heterocycles. The van der Waals surface area contributed by atoms with Crippen LogP contribution < -0.4 is 0 Å². The fraction of sp³-hybridized carbons (Fsp3) is 0.0517. The summed E-state index contributed by atoms with van der Waals surface area (Å²) in [6.45, 7) is 4.67. The molecule has 1 aliphatic rings. The molecule has 62 heavy (non-hydrogen) atoms. The molecule has 0 amide bonds. The van der Waals surface area contributed by atoms with Gasteiger partial charge in [0.05, 0.1) is 22.6 Å². The predicted molar refractivity (Wildman–Crippen MR) is 256 cm³/mol. The minimum absolute atomic E-state index is 0.0895. The van der Waals surface area contributed by atoms with Crippen LogP contribution in [0.2, 0.25) is 0 Å². The van der Waals surface area contributed by atoms with E-state index in [1.165, 1.54) is 49.5 Å². The second kappa shape index (κ2) is 14.1. The van der Waals surface area contributed by atoms with E-state index < -0.39 is 0 Å². The molecule has 7 aromatic carbocycles. The van der Waals surface area contributed by atoms with Gasteiger partial charge in [0.15, 0.2) is 0 Å². The largest absolute Gasteiger partial charge is 0.294 e. The molecule has 4 heteroatoms. The molecule has 0 atom stereocenters. The number of rotatable bonds is 6. The summed E-state index contributed by atoms with van der Waals surface area (Å²) in [5, 5.41) is 4.69. The molecule has 0 saturated heterocycles. The fourth-order valence-electron chi connectivity index (χ4n) is 9.85. The van der Waals surface area contributed by atoms with Crippen LogP contribution in [0, 0.1) is 0 Å². The Balaban J connectivity index is 0.939. The Morgan fingerprint density at radius 2 is 1.02 bits per heavy atom. The smallest absolute Gasteiger partial charge is 0.145 e. The maximum atomic E-state index is 5.26. The lowest BCUT2D eigenvalue weighted by Crippen LogP contribution is -2.15. The van der Waals surface area contributed by atoms with Gasteiger partial charge in [-0.15, -0.1) is 0 Å². The Morgan fingerprint density at radius 3 is 1.84 bits per heavy atom. The van der Waals surface area contributed by atoms with Crippen molar-refractivity contribution in [3.63, 3.8) is 0 Å². The Hall–Kier alpha value is -7.95. The SMILES string of the molecule is CC1(C)c2ccccc2-c2ccc(-n3c4ccc(-c5ccc(-c6cc(-c7ccccn7)nc(-c7ccc(-c8ccccc8)c8ccccc78)c6)cc5)cc4c4cccnc43)cc21. The molecule has 0 saturated carbocycles. The molecule has 1 aliphatic carbocycles. The molecule has 0 N–H and O–H groups in total. The highest BCUT2D eigenvalue weighted by Gasteiger charge is 2.35. The number of hydrogen-bond acceptors (Lipinski definition) is 3. The Kier molecular flexibility index (Phi) is 8.16. The van der Waals surface area contributed by atoms with E-state index in [0.717, 1.165) is 67.1 Å². The van der Waals surface area contributed by atoms with Crippen LogP contribution in [-0.2, 0) is 5.41 Å². The van der Waals surface area contributed by atoms with Crippen molar-refractivity contribution in [1.29, 1.82) is 0 Å². The summed E-state index contributed by atoms with van der Waals surface area (Å²) in [5.41, 5.74) is 19.1. The van der Waals surface area contributed by atoms with Crippen LogP contribution in [0.4, 0.5) is 0 Å². The highest BCUT2D eigenvalue weighted by atomic mass is 15.0. The van der Waals surface area contributed by atoms with Crippen molar-refractivity contribution >= 4 is 32.7 Å². The van der Waals surface area contributed by atoms with E-state index in [4.69, 9.17) is 15.0 Å². The number of hydrogen-bond donors (Lipinski definition) is 0. The minimum Gasteiger partial charge on any atom is -0.294 e. The highest BCUT2D eigenvalue weighted by molar-refractivity contribution is 6.09. The summed E-state index contributed by atoms with van der Waals surface area (Å²) in [6, 6.07) is 69.8. The van der Waals surface area contributed by atoms with Crippen LogP contribution in [-0.4, -0.2) is 19.5 Å². The summed E-state index contributed by atoms with van der Waals surface area (Å²) >= 11 is 0. The number of benzene rings is 7. The molecule has 0 radical (unpaired) electrons. The summed E-state index contributed by atoms with van der Waals surface area (Å²) < 4.78 is 2.33. The van der Waals surface area contributed by atoms with Crippen LogP contribution in [0.25, 0.3) is 106 Å². The van der Waals surface area contributed by atoms with Crippen LogP contribution in [0.3, 0.4) is 0 Å². The Labute approximate surface area is 360 Å². The molecule has 4 nitrogen and oxygen atoms in total. The van der Waals surface area contributed by atoms with Crippen LogP contribution in [0.1, 0.15) is 25.0 Å². The first-order valence-corrected chi connectivity index (χ1v) is 21.3. The van der Waals surface area contributed by atoms with Gasteiger partial charge in [-0.05, 0) is 127 Å². The topological polar surface area (TPSA) is 43.6 Å². The standard InChI is InChI=1S/C58H40N4/c1-58(2)51-19-9-8-17-46(51)47-27-26-42(36-52(47)58)62-56-30-25-40(33-50(56)49-18-12-32-60-57(49)62)37-21-23-38(24-22-37)41-34-54(61-55(35-41)53-20-10-11-31-59-53)48-29-28-43(39-13-4-3-5-14-39)44-15-6-7-16-45(44)48/h3-36H,1-2H3. The zero-order valence-corrected chi connectivity index (χ0v) is 34.4. The third-order valence-electron chi connectivity index (χ3n) is 12.9. The Morgan fingerprint density at radius 1 is 0.371 bits per heavy atom. The maximum Gasteiger partial charge on any atom is 0.145 e. The van der Waals surface area contributed by atoms with Crippen LogP contribution >= 0.6 is 0 Å². The first kappa shape index (κ1) is 35.9. The number of nitrogens with zero attached hydrogens (tertiary/aromatic N) is 4. The molecule has 0 unspecified atom stereocenters. The van der Waals surface area contributed by atoms with E-state index in [1.54, 1.807) is 0 Å². The van der Waals surface area contributed by atoms with Crippen LogP contribution in [0.5, 0.6) is 0 Å². The quantitative estimate of drug-likeness (QED) is 0.168. The average Bonchev–Trinajstić information content (AvgIpc) is 3.79. The third kappa shape index (κ3) is 5.72. The second-order valence-corrected chi connectivity index (χ2v) is 16.8. The Bertz CT molecular complexity index is 3530. The van der Waals surface area contributed by atoms with Gasteiger partial charge in [-0.3, -0.25) is 9.55 Å². The average molecular weight is 793 g/mol. The summed E-state index contributed by atoms with van der Waals surface area (Å²) in [6.07, 6.45) is 3.73. The lowest BCUT2D eigenvalue weighted by Gasteiger charge is -2.22. The van der Waals surface area contributed by atoms with Crippen LogP contribution in [0.15, 0.2) is 207 Å². The molecule has 4 heterocycles. The third-order valence-corrected chi connectivity index (χ3v) is 12.9. The predicted octanol–water partition coefficient (Wildman–Crippen LogP) is 14.8. The summed E-state index contributed by atoms with van der Waals surface area (Å²) in [4.78, 5) is 14.9. The van der Waals surface area contributed by atoms with Crippen molar-refractivity contribution in [2.75, 3.05) is 0 Å². The van der Waals surface area contributed by atoms with Gasteiger partial charge in [0.2, 0.25) is 0 Å². The lowest BCUT2D eigenvalue weighted by atomic mass is 9.82. The number of fused-ring (bicyclic) bond motifs is 7. The van der Waals surface area contributed by atoms with Gasteiger partial charge in [0.1, 0.15) is 5.65 Å². The fourth-order valence-corrected chi connectivity index (χ4v) is 9.85.